The maximum atomic E-state index is 13.9. The number of rotatable bonds is 10. The van der Waals surface area contributed by atoms with Gasteiger partial charge < -0.3 is 24.4 Å². The summed E-state index contributed by atoms with van der Waals surface area (Å²) in [5, 5.41) is 11.6. The van der Waals surface area contributed by atoms with E-state index in [2.05, 4.69) is 4.98 Å². The minimum absolute atomic E-state index is 0.0276. The lowest BCUT2D eigenvalue weighted by atomic mass is 9.96. The predicted octanol–water partition coefficient (Wildman–Crippen LogP) is 6.56. The Morgan fingerprint density at radius 2 is 1.77 bits per heavy atom. The lowest BCUT2D eigenvalue weighted by Gasteiger charge is -2.35. The molecule has 1 aliphatic heterocycles. The zero-order valence-corrected chi connectivity index (χ0v) is 26.6. The number of carboxylic acid groups (broad SMARTS) is 1. The van der Waals surface area contributed by atoms with Crippen molar-refractivity contribution in [3.63, 3.8) is 0 Å². The average molecular weight is 648 g/mol. The highest BCUT2D eigenvalue weighted by Gasteiger charge is 2.30. The van der Waals surface area contributed by atoms with Crippen molar-refractivity contribution >= 4 is 41.1 Å². The monoisotopic (exact) mass is 647 g/mol. The normalized spacial score (nSPS) is 13.9. The molecule has 13 heteroatoms. The SMILES string of the molecule is CSc1cc(F)c(F)cc1-c1ccc(OCc2nc(C(=O)N(CC(=O)O)CC3CCN(C(=O)OC(C)(C)C)CC3)cs2)cc1. The number of hydrogen-bond donors (Lipinski definition) is 1. The first-order valence-corrected chi connectivity index (χ1v) is 16.1. The smallest absolute Gasteiger partial charge is 0.410 e. The number of carbonyl (C=O) groups excluding carboxylic acids is 2. The lowest BCUT2D eigenvalue weighted by molar-refractivity contribution is -0.137. The minimum atomic E-state index is -1.13. The Kier molecular flexibility index (Phi) is 10.8. The van der Waals surface area contributed by atoms with Crippen molar-refractivity contribution in [3.8, 4) is 16.9 Å². The van der Waals surface area contributed by atoms with Crippen LogP contribution in [0.2, 0.25) is 0 Å². The van der Waals surface area contributed by atoms with Crippen LogP contribution in [0.25, 0.3) is 11.1 Å². The highest BCUT2D eigenvalue weighted by molar-refractivity contribution is 7.98. The molecule has 4 rings (SSSR count). The van der Waals surface area contributed by atoms with Crippen molar-refractivity contribution in [1.82, 2.24) is 14.8 Å². The summed E-state index contributed by atoms with van der Waals surface area (Å²) in [7, 11) is 0. The standard InChI is InChI=1S/C31H35F2N3O6S2/c1-31(2,3)42-30(40)35-11-9-19(10-12-35)15-36(16-28(37)38)29(39)25-18-44-27(34-25)17-41-21-7-5-20(6-8-21)22-13-23(32)24(33)14-26(22)43-4/h5-8,13-14,18-19H,9-12,15-17H2,1-4H3,(H,37,38). The molecule has 2 aromatic carbocycles. The number of likely N-dealkylation sites (tertiary alicyclic amines) is 1. The Hall–Kier alpha value is -3.71. The number of nitrogens with zero attached hydrogens (tertiary/aromatic N) is 3. The summed E-state index contributed by atoms with van der Waals surface area (Å²) in [6.45, 7) is 6.21. The quantitative estimate of drug-likeness (QED) is 0.247. The van der Waals surface area contributed by atoms with Gasteiger partial charge in [0.25, 0.3) is 5.91 Å². The minimum Gasteiger partial charge on any atom is -0.486 e. The van der Waals surface area contributed by atoms with E-state index >= 15 is 0 Å². The van der Waals surface area contributed by atoms with Crippen molar-refractivity contribution in [2.45, 2.75) is 50.7 Å². The molecule has 1 fully saturated rings. The Labute approximate surface area is 263 Å². The first kappa shape index (κ1) is 33.2. The zero-order chi connectivity index (χ0) is 32.0. The van der Waals surface area contributed by atoms with Crippen LogP contribution in [-0.2, 0) is 16.1 Å². The van der Waals surface area contributed by atoms with Crippen LogP contribution >= 0.6 is 23.1 Å². The third-order valence-corrected chi connectivity index (χ3v) is 8.50. The molecule has 3 aromatic rings. The van der Waals surface area contributed by atoms with Crippen molar-refractivity contribution in [1.29, 1.82) is 0 Å². The van der Waals surface area contributed by atoms with Gasteiger partial charge >= 0.3 is 12.1 Å². The molecule has 1 aromatic heterocycles. The van der Waals surface area contributed by atoms with Crippen molar-refractivity contribution in [2.24, 2.45) is 5.92 Å². The number of carboxylic acids is 1. The second-order valence-electron chi connectivity index (χ2n) is 11.4. The molecule has 0 saturated carbocycles. The Morgan fingerprint density at radius 1 is 1.11 bits per heavy atom. The molecule has 2 amide bonds. The summed E-state index contributed by atoms with van der Waals surface area (Å²) >= 11 is 2.55. The topological polar surface area (TPSA) is 109 Å². The van der Waals surface area contributed by atoms with Gasteiger partial charge in [-0.3, -0.25) is 9.59 Å². The largest absolute Gasteiger partial charge is 0.486 e. The molecule has 236 valence electrons. The van der Waals surface area contributed by atoms with Gasteiger partial charge in [-0.1, -0.05) is 12.1 Å². The maximum absolute atomic E-state index is 13.9. The fourth-order valence-corrected chi connectivity index (χ4v) is 6.05. The van der Waals surface area contributed by atoms with E-state index in [4.69, 9.17) is 9.47 Å². The summed E-state index contributed by atoms with van der Waals surface area (Å²) in [5.74, 6) is -2.87. The van der Waals surface area contributed by atoms with Gasteiger partial charge in [0.1, 0.15) is 35.2 Å². The lowest BCUT2D eigenvalue weighted by Crippen LogP contribution is -2.45. The van der Waals surface area contributed by atoms with E-state index < -0.39 is 35.7 Å². The second kappa shape index (κ2) is 14.4. The van der Waals surface area contributed by atoms with E-state index in [0.29, 0.717) is 52.7 Å². The van der Waals surface area contributed by atoms with E-state index in [1.165, 1.54) is 40.1 Å². The molecule has 0 atom stereocenters. The van der Waals surface area contributed by atoms with Crippen molar-refractivity contribution in [3.05, 3.63) is 64.1 Å². The zero-order valence-electron chi connectivity index (χ0n) is 25.0. The molecule has 2 heterocycles. The summed E-state index contributed by atoms with van der Waals surface area (Å²) in [6.07, 6.45) is 2.65. The number of piperidine rings is 1. The Morgan fingerprint density at radius 3 is 2.39 bits per heavy atom. The molecule has 1 N–H and O–H groups in total. The molecule has 9 nitrogen and oxygen atoms in total. The van der Waals surface area contributed by atoms with Gasteiger partial charge in [-0.05, 0) is 81.2 Å². The molecule has 0 bridgehead atoms. The van der Waals surface area contributed by atoms with E-state index in [1.807, 2.05) is 20.8 Å². The molecule has 0 spiro atoms. The van der Waals surface area contributed by atoms with Gasteiger partial charge in [-0.2, -0.15) is 0 Å². The number of thiazole rings is 1. The fourth-order valence-electron chi connectivity index (χ4n) is 4.76. The fraction of sp³-hybridized carbons (Fsp3) is 0.419. The van der Waals surface area contributed by atoms with Crippen LogP contribution < -0.4 is 4.74 Å². The first-order chi connectivity index (χ1) is 20.8. The number of benzene rings is 2. The molecule has 44 heavy (non-hydrogen) atoms. The highest BCUT2D eigenvalue weighted by Crippen LogP contribution is 2.33. The van der Waals surface area contributed by atoms with E-state index in [-0.39, 0.29) is 30.9 Å². The number of carbonyl (C=O) groups is 3. The number of thioether (sulfide) groups is 1. The third-order valence-electron chi connectivity index (χ3n) is 6.90. The number of amides is 2. The summed E-state index contributed by atoms with van der Waals surface area (Å²) in [6, 6.07) is 9.27. The van der Waals surface area contributed by atoms with Crippen molar-refractivity contribution < 1.29 is 37.7 Å². The van der Waals surface area contributed by atoms with Crippen LogP contribution in [0.5, 0.6) is 5.75 Å². The predicted molar refractivity (Wildman–Crippen MR) is 164 cm³/mol. The molecule has 1 saturated heterocycles. The first-order valence-electron chi connectivity index (χ1n) is 14.0. The van der Waals surface area contributed by atoms with Gasteiger partial charge in [0.05, 0.1) is 0 Å². The number of aromatic nitrogens is 1. The van der Waals surface area contributed by atoms with Gasteiger partial charge in [0, 0.05) is 29.9 Å². The van der Waals surface area contributed by atoms with Crippen molar-refractivity contribution in [2.75, 3.05) is 32.4 Å². The van der Waals surface area contributed by atoms with Crippen LogP contribution in [0.1, 0.15) is 49.1 Å². The molecule has 0 radical (unpaired) electrons. The Balaban J connectivity index is 1.34. The van der Waals surface area contributed by atoms with Crippen LogP contribution in [0.15, 0.2) is 46.7 Å². The number of aliphatic carboxylic acids is 1. The second-order valence-corrected chi connectivity index (χ2v) is 13.2. The molecule has 0 unspecified atom stereocenters. The molecule has 0 aliphatic carbocycles. The van der Waals surface area contributed by atoms with E-state index in [0.717, 1.165) is 0 Å². The molecular formula is C31H35F2N3O6S2. The molecular weight excluding hydrogens is 612 g/mol. The maximum Gasteiger partial charge on any atom is 0.410 e. The van der Waals surface area contributed by atoms with Crippen LogP contribution in [0.3, 0.4) is 0 Å². The summed E-state index contributed by atoms with van der Waals surface area (Å²) < 4.78 is 38.8. The number of halogens is 2. The average Bonchev–Trinajstić information content (AvgIpc) is 3.45. The number of hydrogen-bond acceptors (Lipinski definition) is 8. The third kappa shape index (κ3) is 8.91. The van der Waals surface area contributed by atoms with Gasteiger partial charge in [-0.15, -0.1) is 23.1 Å². The van der Waals surface area contributed by atoms with E-state index in [1.54, 1.807) is 40.8 Å². The van der Waals surface area contributed by atoms with Gasteiger partial charge in [0.2, 0.25) is 0 Å². The van der Waals surface area contributed by atoms with Crippen LogP contribution in [-0.4, -0.2) is 75.9 Å². The van der Waals surface area contributed by atoms with Gasteiger partial charge in [-0.25, -0.2) is 18.6 Å². The van der Waals surface area contributed by atoms with E-state index in [9.17, 15) is 28.3 Å². The highest BCUT2D eigenvalue weighted by atomic mass is 32.2. The summed E-state index contributed by atoms with van der Waals surface area (Å²) in [4.78, 5) is 45.1. The Bertz CT molecular complexity index is 1480. The summed E-state index contributed by atoms with van der Waals surface area (Å²) in [5.41, 5.74) is 0.827. The van der Waals surface area contributed by atoms with Crippen LogP contribution in [0, 0.1) is 17.6 Å². The van der Waals surface area contributed by atoms with Gasteiger partial charge in [0.15, 0.2) is 11.6 Å². The number of ether oxygens (including phenoxy) is 2. The molecule has 1 aliphatic rings. The van der Waals surface area contributed by atoms with Crippen LogP contribution in [0.4, 0.5) is 13.6 Å².